The minimum Gasteiger partial charge on any atom is -0.508 e. The van der Waals surface area contributed by atoms with Gasteiger partial charge in [-0.15, -0.1) is 11.3 Å². The Labute approximate surface area is 148 Å². The van der Waals surface area contributed by atoms with Gasteiger partial charge in [-0.3, -0.25) is 0 Å². The van der Waals surface area contributed by atoms with E-state index in [9.17, 15) is 15.6 Å². The summed E-state index contributed by atoms with van der Waals surface area (Å²) in [7, 11) is 0. The lowest BCUT2D eigenvalue weighted by Crippen LogP contribution is -2.08. The Morgan fingerprint density at radius 2 is 1.96 bits per heavy atom. The van der Waals surface area contributed by atoms with Gasteiger partial charge in [0, 0.05) is 10.4 Å². The number of nitrogens with one attached hydrogen (secondary N) is 1. The second-order valence-electron chi connectivity index (χ2n) is 5.18. The number of phenolic OH excluding ortho intramolecular Hbond substituents is 1. The zero-order valence-electron chi connectivity index (χ0n) is 13.0. The van der Waals surface area contributed by atoms with Crippen molar-refractivity contribution in [1.82, 2.24) is 4.98 Å². The van der Waals surface area contributed by atoms with Gasteiger partial charge in [0.05, 0.1) is 6.54 Å². The van der Waals surface area contributed by atoms with Crippen LogP contribution in [0.5, 0.6) is 5.75 Å². The monoisotopic (exact) mass is 347 g/mol. The molecule has 0 fully saturated rings. The van der Waals surface area contributed by atoms with Crippen molar-refractivity contribution in [2.24, 2.45) is 0 Å². The van der Waals surface area contributed by atoms with Crippen molar-refractivity contribution in [2.45, 2.75) is 6.54 Å². The summed E-state index contributed by atoms with van der Waals surface area (Å²) in [6, 6.07) is 14.4. The summed E-state index contributed by atoms with van der Waals surface area (Å²) in [4.78, 5) is 5.26. The molecule has 0 saturated carbocycles. The zero-order chi connectivity index (χ0) is 17.8. The van der Waals surface area contributed by atoms with Crippen molar-refractivity contribution < 1.29 is 5.11 Å². The maximum absolute atomic E-state index is 9.74. The van der Waals surface area contributed by atoms with Gasteiger partial charge in [0.25, 0.3) is 0 Å². The Morgan fingerprint density at radius 3 is 2.60 bits per heavy atom. The number of pyridine rings is 1. The highest BCUT2D eigenvalue weighted by Gasteiger charge is 2.20. The first kappa shape index (κ1) is 16.3. The van der Waals surface area contributed by atoms with Crippen LogP contribution < -0.4 is 11.1 Å². The van der Waals surface area contributed by atoms with Crippen LogP contribution in [0.2, 0.25) is 0 Å². The fraction of sp³-hybridized carbons (Fsp3) is 0.0556. The standard InChI is InChI=1S/C18H13N5OS/c19-8-14-16(11-3-1-4-12(24)7-11)15(9-20)18(23-17(14)21)22-10-13-5-2-6-25-13/h1-7,24H,10H2,(H3,21,22,23). The van der Waals surface area contributed by atoms with Gasteiger partial charge in [0.1, 0.15) is 40.7 Å². The van der Waals surface area contributed by atoms with Crippen molar-refractivity contribution in [3.8, 4) is 29.0 Å². The lowest BCUT2D eigenvalue weighted by Gasteiger charge is -2.14. The smallest absolute Gasteiger partial charge is 0.147 e. The second kappa shape index (κ2) is 6.91. The summed E-state index contributed by atoms with van der Waals surface area (Å²) in [6.07, 6.45) is 0. The molecule has 6 nitrogen and oxygen atoms in total. The predicted molar refractivity (Wildman–Crippen MR) is 96.8 cm³/mol. The van der Waals surface area contributed by atoms with Crippen molar-refractivity contribution in [2.75, 3.05) is 11.1 Å². The summed E-state index contributed by atoms with van der Waals surface area (Å²) in [6.45, 7) is 0.490. The summed E-state index contributed by atoms with van der Waals surface area (Å²) in [5.74, 6) is 0.382. The molecule has 4 N–H and O–H groups in total. The van der Waals surface area contributed by atoms with Crippen LogP contribution in [0.25, 0.3) is 11.1 Å². The highest BCUT2D eigenvalue weighted by atomic mass is 32.1. The third kappa shape index (κ3) is 3.23. The summed E-state index contributed by atoms with van der Waals surface area (Å²) in [5, 5.41) is 33.9. The fourth-order valence-electron chi connectivity index (χ4n) is 2.49. The molecule has 0 spiro atoms. The Balaban J connectivity index is 2.15. The van der Waals surface area contributed by atoms with E-state index in [-0.39, 0.29) is 22.7 Å². The number of nitriles is 2. The zero-order valence-corrected chi connectivity index (χ0v) is 13.8. The topological polar surface area (TPSA) is 119 Å². The number of anilines is 2. The summed E-state index contributed by atoms with van der Waals surface area (Å²) in [5.41, 5.74) is 7.16. The van der Waals surface area contributed by atoms with E-state index < -0.39 is 0 Å². The number of benzene rings is 1. The molecule has 3 aromatic rings. The number of aromatic hydroxyl groups is 1. The fourth-order valence-corrected chi connectivity index (χ4v) is 3.13. The van der Waals surface area contributed by atoms with Crippen LogP contribution in [0.4, 0.5) is 11.6 Å². The first-order valence-corrected chi connectivity index (χ1v) is 8.21. The van der Waals surface area contributed by atoms with Crippen LogP contribution in [0.1, 0.15) is 16.0 Å². The molecule has 0 bridgehead atoms. The molecule has 0 aliphatic carbocycles. The third-order valence-electron chi connectivity index (χ3n) is 3.59. The molecule has 122 valence electrons. The first-order valence-electron chi connectivity index (χ1n) is 7.33. The number of thiophene rings is 1. The van der Waals surface area contributed by atoms with E-state index in [2.05, 4.69) is 16.4 Å². The van der Waals surface area contributed by atoms with Crippen molar-refractivity contribution in [3.05, 3.63) is 57.8 Å². The molecule has 0 saturated heterocycles. The molecule has 0 aliphatic heterocycles. The number of rotatable bonds is 4. The predicted octanol–water partition coefficient (Wildman–Crippen LogP) is 3.45. The molecule has 1 aromatic carbocycles. The lowest BCUT2D eigenvalue weighted by atomic mass is 9.96. The summed E-state index contributed by atoms with van der Waals surface area (Å²) >= 11 is 1.58. The van der Waals surface area contributed by atoms with E-state index >= 15 is 0 Å². The van der Waals surface area contributed by atoms with Crippen LogP contribution >= 0.6 is 11.3 Å². The molecular formula is C18H13N5OS. The minimum atomic E-state index is 0.0357. The quantitative estimate of drug-likeness (QED) is 0.665. The number of aromatic nitrogens is 1. The average molecular weight is 347 g/mol. The molecule has 2 heterocycles. The van der Waals surface area contributed by atoms with Crippen molar-refractivity contribution >= 4 is 23.0 Å². The Hall–Kier alpha value is -3.55. The van der Waals surface area contributed by atoms with Gasteiger partial charge in [0.2, 0.25) is 0 Å². The van der Waals surface area contributed by atoms with Crippen molar-refractivity contribution in [3.63, 3.8) is 0 Å². The Kier molecular flexibility index (Phi) is 4.51. The van der Waals surface area contributed by atoms with Gasteiger partial charge >= 0.3 is 0 Å². The first-order chi connectivity index (χ1) is 12.1. The molecule has 3 rings (SSSR count). The molecule has 0 amide bonds. The van der Waals surface area contributed by atoms with Crippen LogP contribution in [-0.4, -0.2) is 10.1 Å². The molecule has 0 radical (unpaired) electrons. The van der Waals surface area contributed by atoms with Gasteiger partial charge in [0.15, 0.2) is 0 Å². The van der Waals surface area contributed by atoms with Crippen molar-refractivity contribution in [1.29, 1.82) is 10.5 Å². The largest absolute Gasteiger partial charge is 0.508 e. The van der Waals surface area contributed by atoms with E-state index in [1.807, 2.05) is 23.6 Å². The molecule has 25 heavy (non-hydrogen) atoms. The molecule has 7 heteroatoms. The molecular weight excluding hydrogens is 334 g/mol. The number of hydrogen-bond donors (Lipinski definition) is 3. The number of nitrogens with two attached hydrogens (primary N) is 1. The minimum absolute atomic E-state index is 0.0357. The van der Waals surface area contributed by atoms with E-state index in [4.69, 9.17) is 5.73 Å². The number of nitrogen functional groups attached to an aromatic ring is 1. The van der Waals surface area contributed by atoms with E-state index in [1.54, 1.807) is 23.5 Å². The van der Waals surface area contributed by atoms with E-state index in [0.29, 0.717) is 23.5 Å². The molecule has 0 unspecified atom stereocenters. The van der Waals surface area contributed by atoms with Gasteiger partial charge in [-0.25, -0.2) is 4.98 Å². The van der Waals surface area contributed by atoms with Crippen LogP contribution in [-0.2, 0) is 6.54 Å². The van der Waals surface area contributed by atoms with Gasteiger partial charge in [-0.1, -0.05) is 18.2 Å². The van der Waals surface area contributed by atoms with E-state index in [1.165, 1.54) is 12.1 Å². The highest BCUT2D eigenvalue weighted by Crippen LogP contribution is 2.35. The van der Waals surface area contributed by atoms with Crippen LogP contribution in [0.3, 0.4) is 0 Å². The van der Waals surface area contributed by atoms with Crippen LogP contribution in [0.15, 0.2) is 41.8 Å². The number of phenols is 1. The third-order valence-corrected chi connectivity index (χ3v) is 4.47. The maximum atomic E-state index is 9.74. The normalized spacial score (nSPS) is 10.0. The Bertz CT molecular complexity index is 1000. The van der Waals surface area contributed by atoms with Gasteiger partial charge in [-0.05, 0) is 29.1 Å². The SMILES string of the molecule is N#Cc1c(N)nc(NCc2cccs2)c(C#N)c1-c1cccc(O)c1. The molecule has 0 atom stereocenters. The summed E-state index contributed by atoms with van der Waals surface area (Å²) < 4.78 is 0. The molecule has 2 aromatic heterocycles. The van der Waals surface area contributed by atoms with Gasteiger partial charge < -0.3 is 16.2 Å². The Morgan fingerprint density at radius 1 is 1.16 bits per heavy atom. The highest BCUT2D eigenvalue weighted by molar-refractivity contribution is 7.09. The maximum Gasteiger partial charge on any atom is 0.147 e. The number of nitrogens with zero attached hydrogens (tertiary/aromatic N) is 3. The lowest BCUT2D eigenvalue weighted by molar-refractivity contribution is 0.475. The van der Waals surface area contributed by atoms with Crippen LogP contribution in [0, 0.1) is 22.7 Å². The van der Waals surface area contributed by atoms with E-state index in [0.717, 1.165) is 4.88 Å². The van der Waals surface area contributed by atoms with Gasteiger partial charge in [-0.2, -0.15) is 10.5 Å². The second-order valence-corrected chi connectivity index (χ2v) is 6.21. The molecule has 0 aliphatic rings. The average Bonchev–Trinajstić information content (AvgIpc) is 3.12. The number of hydrogen-bond acceptors (Lipinski definition) is 7.